The van der Waals surface area contributed by atoms with Gasteiger partial charge < -0.3 is 4.74 Å². The molecule has 61 valence electrons. The van der Waals surface area contributed by atoms with Crippen molar-refractivity contribution in [2.24, 2.45) is 0 Å². The van der Waals surface area contributed by atoms with Gasteiger partial charge in [-0.3, -0.25) is 4.79 Å². The van der Waals surface area contributed by atoms with Crippen molar-refractivity contribution in [3.05, 3.63) is 35.4 Å². The number of esters is 1. The standard InChI is InChI=1S/C9H9O2.Y/c1-7-4-3-5-8(6-7)9(10)11-2;/h4-6H,1-2H3;/q-1;. The van der Waals surface area contributed by atoms with Crippen LogP contribution in [0.1, 0.15) is 15.9 Å². The van der Waals surface area contributed by atoms with E-state index in [9.17, 15) is 4.79 Å². The van der Waals surface area contributed by atoms with Crippen molar-refractivity contribution in [2.75, 3.05) is 7.11 Å². The summed E-state index contributed by atoms with van der Waals surface area (Å²) < 4.78 is 4.53. The molecule has 0 saturated carbocycles. The SMILES string of the molecule is COC(=O)c1c[c-]cc(C)c1.[Y]. The molecule has 0 saturated heterocycles. The van der Waals surface area contributed by atoms with Crippen LogP contribution in [-0.4, -0.2) is 13.1 Å². The van der Waals surface area contributed by atoms with E-state index >= 15 is 0 Å². The third-order valence-corrected chi connectivity index (χ3v) is 1.35. The molecule has 0 N–H and O–H groups in total. The molecule has 1 rings (SSSR count). The van der Waals surface area contributed by atoms with Crippen LogP contribution in [-0.2, 0) is 37.4 Å². The number of carbonyl (C=O) groups excluding carboxylic acids is 1. The average molecular weight is 238 g/mol. The second kappa shape index (κ2) is 5.44. The Kier molecular flexibility index (Phi) is 5.35. The van der Waals surface area contributed by atoms with Gasteiger partial charge in [0, 0.05) is 32.7 Å². The summed E-state index contributed by atoms with van der Waals surface area (Å²) in [7, 11) is 1.37. The molecule has 0 aliphatic rings. The summed E-state index contributed by atoms with van der Waals surface area (Å²) in [6.45, 7) is 1.91. The van der Waals surface area contributed by atoms with Crippen molar-refractivity contribution in [1.82, 2.24) is 0 Å². The van der Waals surface area contributed by atoms with E-state index in [4.69, 9.17) is 0 Å². The molecular formula is C9H9O2Y-. The maximum absolute atomic E-state index is 10.9. The first-order valence-corrected chi connectivity index (χ1v) is 3.30. The average Bonchev–Trinajstić information content (AvgIpc) is 2.03. The Morgan fingerprint density at radius 3 is 2.67 bits per heavy atom. The molecule has 12 heavy (non-hydrogen) atoms. The fraction of sp³-hybridized carbons (Fsp3) is 0.222. The molecule has 0 aliphatic carbocycles. The van der Waals surface area contributed by atoms with Crippen molar-refractivity contribution in [3.8, 4) is 0 Å². The Balaban J connectivity index is 0.00000121. The molecule has 0 aromatic heterocycles. The van der Waals surface area contributed by atoms with Crippen LogP contribution in [0.25, 0.3) is 0 Å². The summed E-state index contributed by atoms with van der Waals surface area (Å²) in [4.78, 5) is 10.9. The van der Waals surface area contributed by atoms with Gasteiger partial charge in [-0.25, -0.2) is 0 Å². The summed E-state index contributed by atoms with van der Waals surface area (Å²) in [6.07, 6.45) is 0. The molecule has 2 nitrogen and oxygen atoms in total. The third-order valence-electron chi connectivity index (χ3n) is 1.35. The van der Waals surface area contributed by atoms with E-state index in [2.05, 4.69) is 10.8 Å². The Hall–Kier alpha value is -0.206. The normalized spacial score (nSPS) is 8.50. The van der Waals surface area contributed by atoms with Gasteiger partial charge in [0.25, 0.3) is 5.97 Å². The molecule has 0 unspecified atom stereocenters. The van der Waals surface area contributed by atoms with Gasteiger partial charge >= 0.3 is 0 Å². The number of hydrogen-bond donors (Lipinski definition) is 0. The minimum Gasteiger partial charge on any atom is -0.475 e. The predicted molar refractivity (Wildman–Crippen MR) is 41.4 cm³/mol. The zero-order valence-electron chi connectivity index (χ0n) is 7.13. The van der Waals surface area contributed by atoms with Crippen LogP contribution in [0.4, 0.5) is 0 Å². The minimum atomic E-state index is -0.315. The van der Waals surface area contributed by atoms with E-state index in [1.807, 2.05) is 13.0 Å². The number of aryl methyl sites for hydroxylation is 1. The fourth-order valence-electron chi connectivity index (χ4n) is 0.827. The Bertz CT molecular complexity index is 271. The molecule has 0 atom stereocenters. The number of hydrogen-bond acceptors (Lipinski definition) is 2. The van der Waals surface area contributed by atoms with Crippen molar-refractivity contribution < 1.29 is 42.2 Å². The van der Waals surface area contributed by atoms with Crippen LogP contribution in [0, 0.1) is 13.0 Å². The molecular weight excluding hydrogens is 229 g/mol. The van der Waals surface area contributed by atoms with Gasteiger partial charge in [0.2, 0.25) is 0 Å². The first-order valence-electron chi connectivity index (χ1n) is 3.30. The first kappa shape index (κ1) is 11.8. The van der Waals surface area contributed by atoms with E-state index in [0.717, 1.165) is 5.56 Å². The maximum atomic E-state index is 10.9. The second-order valence-corrected chi connectivity index (χ2v) is 2.29. The van der Waals surface area contributed by atoms with E-state index in [1.54, 1.807) is 12.1 Å². The zero-order chi connectivity index (χ0) is 8.27. The van der Waals surface area contributed by atoms with E-state index < -0.39 is 0 Å². The topological polar surface area (TPSA) is 26.3 Å². The Morgan fingerprint density at radius 1 is 1.50 bits per heavy atom. The molecule has 0 heterocycles. The minimum absolute atomic E-state index is 0. The maximum Gasteiger partial charge on any atom is 0.280 e. The van der Waals surface area contributed by atoms with Crippen molar-refractivity contribution in [1.29, 1.82) is 0 Å². The molecule has 0 spiro atoms. The molecule has 1 radical (unpaired) electrons. The third kappa shape index (κ3) is 3.04. The van der Waals surface area contributed by atoms with Gasteiger partial charge in [0.1, 0.15) is 0 Å². The molecule has 1 aromatic carbocycles. The summed E-state index contributed by atoms with van der Waals surface area (Å²) in [5.74, 6) is -0.315. The molecule has 0 aliphatic heterocycles. The molecule has 1 aromatic rings. The van der Waals surface area contributed by atoms with Crippen LogP contribution in [0.3, 0.4) is 0 Å². The van der Waals surface area contributed by atoms with Crippen molar-refractivity contribution in [3.63, 3.8) is 0 Å². The first-order chi connectivity index (χ1) is 5.24. The van der Waals surface area contributed by atoms with Crippen LogP contribution < -0.4 is 0 Å². The molecule has 0 fully saturated rings. The van der Waals surface area contributed by atoms with Gasteiger partial charge in [0.15, 0.2) is 0 Å². The number of rotatable bonds is 1. The van der Waals surface area contributed by atoms with Crippen LogP contribution in [0.5, 0.6) is 0 Å². The Labute approximate surface area is 97.2 Å². The van der Waals surface area contributed by atoms with E-state index in [1.165, 1.54) is 7.11 Å². The van der Waals surface area contributed by atoms with Crippen LogP contribution in [0.15, 0.2) is 18.2 Å². The predicted octanol–water partition coefficient (Wildman–Crippen LogP) is 1.58. The largest absolute Gasteiger partial charge is 0.475 e. The van der Waals surface area contributed by atoms with E-state index in [0.29, 0.717) is 5.56 Å². The molecule has 0 bridgehead atoms. The Morgan fingerprint density at radius 2 is 2.17 bits per heavy atom. The number of carbonyl (C=O) groups is 1. The van der Waals surface area contributed by atoms with E-state index in [-0.39, 0.29) is 38.7 Å². The number of ether oxygens (including phenoxy) is 1. The van der Waals surface area contributed by atoms with Crippen LogP contribution in [0.2, 0.25) is 0 Å². The molecule has 3 heteroatoms. The summed E-state index contributed by atoms with van der Waals surface area (Å²) >= 11 is 0. The smallest absolute Gasteiger partial charge is 0.280 e. The zero-order valence-corrected chi connectivity index (χ0v) is 9.96. The summed E-state index contributed by atoms with van der Waals surface area (Å²) in [6, 6.07) is 8.03. The fourth-order valence-corrected chi connectivity index (χ4v) is 0.827. The molecule has 0 amide bonds. The number of benzene rings is 1. The van der Waals surface area contributed by atoms with Gasteiger partial charge in [0.05, 0.1) is 7.11 Å². The van der Waals surface area contributed by atoms with Crippen LogP contribution >= 0.6 is 0 Å². The second-order valence-electron chi connectivity index (χ2n) is 2.29. The summed E-state index contributed by atoms with van der Waals surface area (Å²) in [5.41, 5.74) is 1.56. The summed E-state index contributed by atoms with van der Waals surface area (Å²) in [5, 5.41) is 0. The van der Waals surface area contributed by atoms with Gasteiger partial charge in [-0.05, 0) is 0 Å². The van der Waals surface area contributed by atoms with Gasteiger partial charge in [-0.2, -0.15) is 29.8 Å². The van der Waals surface area contributed by atoms with Gasteiger partial charge in [-0.15, -0.1) is 0 Å². The monoisotopic (exact) mass is 238 g/mol. The van der Waals surface area contributed by atoms with Gasteiger partial charge in [-0.1, -0.05) is 12.5 Å². The quantitative estimate of drug-likeness (QED) is 0.548. The van der Waals surface area contributed by atoms with Crippen molar-refractivity contribution >= 4 is 5.97 Å². The van der Waals surface area contributed by atoms with Crippen molar-refractivity contribution in [2.45, 2.75) is 6.92 Å². The number of methoxy groups -OCH3 is 1.